The van der Waals surface area contributed by atoms with E-state index < -0.39 is 11.1 Å². The van der Waals surface area contributed by atoms with Gasteiger partial charge in [-0.2, -0.15) is 0 Å². The fourth-order valence-electron chi connectivity index (χ4n) is 4.82. The highest BCUT2D eigenvalue weighted by Crippen LogP contribution is 2.31. The Morgan fingerprint density at radius 2 is 1.67 bits per heavy atom. The van der Waals surface area contributed by atoms with Crippen LogP contribution in [0.15, 0.2) is 65.8 Å². The van der Waals surface area contributed by atoms with Gasteiger partial charge in [0.05, 0.1) is 25.0 Å². The molecule has 0 spiro atoms. The molecule has 1 unspecified atom stereocenters. The number of halogens is 2. The van der Waals surface area contributed by atoms with Crippen LogP contribution in [0.3, 0.4) is 0 Å². The van der Waals surface area contributed by atoms with Gasteiger partial charge < -0.3 is 18.9 Å². The Morgan fingerprint density at radius 3 is 2.38 bits per heavy atom. The standard InChI is InChI=1S/C31H31F2N5O3S/c1-5-27(30(39)37(2)15-14-19-8-13-25(40-3)26(16-19)41-4)42-31-34-29-28(35-36-31)23-17-22(33)11-12-24(23)38(29)18-20-6-9-21(32)10-7-20/h6-13,16-17,27H,5,14-15,18H2,1-4H3. The third-order valence-electron chi connectivity index (χ3n) is 7.12. The third kappa shape index (κ3) is 6.15. The Kier molecular flexibility index (Phi) is 8.86. The first-order valence-corrected chi connectivity index (χ1v) is 14.4. The number of amides is 1. The summed E-state index contributed by atoms with van der Waals surface area (Å²) in [7, 11) is 4.97. The van der Waals surface area contributed by atoms with Crippen molar-refractivity contribution in [1.82, 2.24) is 24.6 Å². The van der Waals surface area contributed by atoms with Gasteiger partial charge in [-0.15, -0.1) is 10.2 Å². The third-order valence-corrected chi connectivity index (χ3v) is 8.32. The quantitative estimate of drug-likeness (QED) is 0.177. The van der Waals surface area contributed by atoms with E-state index in [4.69, 9.17) is 14.5 Å². The lowest BCUT2D eigenvalue weighted by atomic mass is 10.1. The lowest BCUT2D eigenvalue weighted by Crippen LogP contribution is -2.36. The predicted molar refractivity (Wildman–Crippen MR) is 159 cm³/mol. The molecule has 0 saturated heterocycles. The first kappa shape index (κ1) is 29.2. The van der Waals surface area contributed by atoms with Crippen LogP contribution in [-0.4, -0.2) is 63.6 Å². The molecule has 0 saturated carbocycles. The van der Waals surface area contributed by atoms with Gasteiger partial charge in [0, 0.05) is 25.5 Å². The van der Waals surface area contributed by atoms with Gasteiger partial charge in [-0.25, -0.2) is 13.8 Å². The largest absolute Gasteiger partial charge is 0.493 e. The minimum atomic E-state index is -0.424. The van der Waals surface area contributed by atoms with Crippen LogP contribution < -0.4 is 9.47 Å². The van der Waals surface area contributed by atoms with Crippen molar-refractivity contribution in [3.05, 3.63) is 83.4 Å². The van der Waals surface area contributed by atoms with Crippen molar-refractivity contribution in [2.45, 2.75) is 36.7 Å². The molecule has 0 bridgehead atoms. The van der Waals surface area contributed by atoms with E-state index in [0.717, 1.165) is 16.6 Å². The Balaban J connectivity index is 1.37. The number of thioether (sulfide) groups is 1. The highest BCUT2D eigenvalue weighted by molar-refractivity contribution is 8.00. The number of hydrogen-bond donors (Lipinski definition) is 0. The lowest BCUT2D eigenvalue weighted by Gasteiger charge is -2.22. The van der Waals surface area contributed by atoms with Crippen LogP contribution in [0.25, 0.3) is 22.1 Å². The van der Waals surface area contributed by atoms with Gasteiger partial charge in [0.25, 0.3) is 0 Å². The predicted octanol–water partition coefficient (Wildman–Crippen LogP) is 5.90. The number of ether oxygens (including phenoxy) is 2. The van der Waals surface area contributed by atoms with Crippen LogP contribution in [-0.2, 0) is 17.8 Å². The van der Waals surface area contributed by atoms with E-state index in [1.165, 1.54) is 36.0 Å². The van der Waals surface area contributed by atoms with Gasteiger partial charge >= 0.3 is 0 Å². The highest BCUT2D eigenvalue weighted by atomic mass is 32.2. The number of aromatic nitrogens is 4. The number of carbonyl (C=O) groups excluding carboxylic acids is 1. The molecule has 0 aliphatic rings. The van der Waals surface area contributed by atoms with Crippen LogP contribution >= 0.6 is 11.8 Å². The van der Waals surface area contributed by atoms with Crippen molar-refractivity contribution in [2.75, 3.05) is 27.8 Å². The Labute approximate surface area is 246 Å². The van der Waals surface area contributed by atoms with Crippen LogP contribution in [0.5, 0.6) is 11.5 Å². The first-order valence-electron chi connectivity index (χ1n) is 13.5. The van der Waals surface area contributed by atoms with Crippen molar-refractivity contribution in [1.29, 1.82) is 0 Å². The molecule has 0 N–H and O–H groups in total. The van der Waals surface area contributed by atoms with E-state index in [2.05, 4.69) is 10.2 Å². The molecule has 3 aromatic carbocycles. The molecular weight excluding hydrogens is 560 g/mol. The maximum atomic E-state index is 14.2. The second-order valence-corrected chi connectivity index (χ2v) is 11.0. The number of fused-ring (bicyclic) bond motifs is 3. The summed E-state index contributed by atoms with van der Waals surface area (Å²) in [6, 6.07) is 16.4. The zero-order valence-electron chi connectivity index (χ0n) is 23.8. The fourth-order valence-corrected chi connectivity index (χ4v) is 5.75. The summed E-state index contributed by atoms with van der Waals surface area (Å²) in [5.41, 5.74) is 3.59. The highest BCUT2D eigenvalue weighted by Gasteiger charge is 2.24. The topological polar surface area (TPSA) is 82.4 Å². The number of rotatable bonds is 11. The van der Waals surface area contributed by atoms with Crippen molar-refractivity contribution in [3.8, 4) is 11.5 Å². The van der Waals surface area contributed by atoms with Gasteiger partial charge in [-0.05, 0) is 66.4 Å². The van der Waals surface area contributed by atoms with E-state index in [0.29, 0.717) is 59.1 Å². The molecule has 1 amide bonds. The van der Waals surface area contributed by atoms with Crippen molar-refractivity contribution in [2.24, 2.45) is 0 Å². The van der Waals surface area contributed by atoms with Gasteiger partial charge in [0.1, 0.15) is 17.2 Å². The molecule has 1 atom stereocenters. The van der Waals surface area contributed by atoms with E-state index in [-0.39, 0.29) is 11.7 Å². The first-order chi connectivity index (χ1) is 20.3. The molecular formula is C31H31F2N5O3S. The number of hydrogen-bond acceptors (Lipinski definition) is 7. The zero-order chi connectivity index (χ0) is 29.8. The molecule has 0 radical (unpaired) electrons. The Bertz CT molecular complexity index is 1730. The van der Waals surface area contributed by atoms with Gasteiger partial charge in [-0.1, -0.05) is 36.9 Å². The van der Waals surface area contributed by atoms with Crippen molar-refractivity contribution in [3.63, 3.8) is 0 Å². The summed E-state index contributed by atoms with van der Waals surface area (Å²) in [6.07, 6.45) is 1.21. The molecule has 0 aliphatic carbocycles. The normalized spacial score (nSPS) is 12.0. The zero-order valence-corrected chi connectivity index (χ0v) is 24.6. The summed E-state index contributed by atoms with van der Waals surface area (Å²) < 4.78 is 40.3. The SMILES string of the molecule is CCC(Sc1nnc2c3cc(F)ccc3n(Cc3ccc(F)cc3)c2n1)C(=O)N(C)CCc1ccc(OC)c(OC)c1. The van der Waals surface area contributed by atoms with Gasteiger partial charge in [0.15, 0.2) is 17.1 Å². The van der Waals surface area contributed by atoms with E-state index in [1.807, 2.05) is 29.7 Å². The van der Waals surface area contributed by atoms with Crippen LogP contribution in [0.2, 0.25) is 0 Å². The average molecular weight is 592 g/mol. The molecule has 42 heavy (non-hydrogen) atoms. The van der Waals surface area contributed by atoms with Crippen LogP contribution in [0.4, 0.5) is 8.78 Å². The van der Waals surface area contributed by atoms with E-state index in [9.17, 15) is 13.6 Å². The molecule has 2 heterocycles. The number of carbonyl (C=O) groups is 1. The Morgan fingerprint density at radius 1 is 0.952 bits per heavy atom. The van der Waals surface area contributed by atoms with Gasteiger partial charge in [-0.3, -0.25) is 4.79 Å². The van der Waals surface area contributed by atoms with Crippen molar-refractivity contribution < 1.29 is 23.0 Å². The summed E-state index contributed by atoms with van der Waals surface area (Å²) in [6.45, 7) is 2.84. The molecule has 218 valence electrons. The number of likely N-dealkylation sites (N-methyl/N-ethyl adjacent to an activating group) is 1. The number of benzene rings is 3. The molecule has 2 aromatic heterocycles. The van der Waals surface area contributed by atoms with E-state index in [1.54, 1.807) is 44.4 Å². The maximum absolute atomic E-state index is 14.2. The van der Waals surface area contributed by atoms with Crippen LogP contribution in [0.1, 0.15) is 24.5 Å². The second-order valence-electron chi connectivity index (χ2n) is 9.85. The lowest BCUT2D eigenvalue weighted by molar-refractivity contribution is -0.129. The summed E-state index contributed by atoms with van der Waals surface area (Å²) in [5, 5.41) is 9.20. The molecule has 5 rings (SSSR count). The summed E-state index contributed by atoms with van der Waals surface area (Å²) in [5.74, 6) is 0.540. The van der Waals surface area contributed by atoms with Crippen LogP contribution in [0, 0.1) is 11.6 Å². The minimum absolute atomic E-state index is 0.0411. The van der Waals surface area contributed by atoms with E-state index >= 15 is 0 Å². The fraction of sp³-hybridized carbons (Fsp3) is 0.290. The summed E-state index contributed by atoms with van der Waals surface area (Å²) in [4.78, 5) is 19.9. The Hall–Kier alpha value is -4.25. The second kappa shape index (κ2) is 12.7. The maximum Gasteiger partial charge on any atom is 0.235 e. The van der Waals surface area contributed by atoms with Gasteiger partial charge in [0.2, 0.25) is 11.1 Å². The number of nitrogens with zero attached hydrogens (tertiary/aromatic N) is 5. The molecule has 0 aliphatic heterocycles. The number of methoxy groups -OCH3 is 2. The molecule has 11 heteroatoms. The molecule has 5 aromatic rings. The molecule has 8 nitrogen and oxygen atoms in total. The average Bonchev–Trinajstić information content (AvgIpc) is 3.30. The smallest absolute Gasteiger partial charge is 0.235 e. The monoisotopic (exact) mass is 591 g/mol. The molecule has 0 fully saturated rings. The minimum Gasteiger partial charge on any atom is -0.493 e. The van der Waals surface area contributed by atoms with Crippen molar-refractivity contribution >= 4 is 39.7 Å². The summed E-state index contributed by atoms with van der Waals surface area (Å²) >= 11 is 1.25.